The van der Waals surface area contributed by atoms with Crippen molar-refractivity contribution in [2.24, 2.45) is 5.16 Å². The number of hydrogen-bond acceptors (Lipinski definition) is 11. The lowest BCUT2D eigenvalue weighted by Crippen LogP contribution is -2.71. The summed E-state index contributed by atoms with van der Waals surface area (Å²) in [5.74, 6) is -2.45. The maximum absolute atomic E-state index is 13.0. The molecule has 2 amide bonds. The smallest absolute Gasteiger partial charge is 0.276 e. The third-order valence-corrected chi connectivity index (χ3v) is 8.00. The van der Waals surface area contributed by atoms with Crippen LogP contribution in [0.5, 0.6) is 0 Å². The number of thioether (sulfide) groups is 1. The number of carbonyl (C=O) groups excluding carboxylic acids is 3. The minimum absolute atomic E-state index is 0.132. The van der Waals surface area contributed by atoms with E-state index < -0.39 is 29.2 Å². The van der Waals surface area contributed by atoms with Crippen molar-refractivity contribution >= 4 is 57.2 Å². The number of aliphatic hydroxyl groups excluding tert-OH is 1. The van der Waals surface area contributed by atoms with Gasteiger partial charge in [0.05, 0.1) is 24.5 Å². The van der Waals surface area contributed by atoms with E-state index in [0.29, 0.717) is 11.3 Å². The minimum Gasteiger partial charge on any atom is -0.543 e. The largest absolute Gasteiger partial charge is 0.543 e. The fourth-order valence-electron chi connectivity index (χ4n) is 4.29. The van der Waals surface area contributed by atoms with Crippen molar-refractivity contribution in [1.82, 2.24) is 19.6 Å². The van der Waals surface area contributed by atoms with Gasteiger partial charge in [-0.25, -0.2) is 4.98 Å². The molecule has 0 spiro atoms. The van der Waals surface area contributed by atoms with Gasteiger partial charge in [-0.1, -0.05) is 5.16 Å². The average Bonchev–Trinajstić information content (AvgIpc) is 3.50. The summed E-state index contributed by atoms with van der Waals surface area (Å²) in [5.41, 5.74) is 7.48. The fraction of sp³-hybridized carbons (Fsp3) is 0.273. The van der Waals surface area contributed by atoms with Gasteiger partial charge >= 0.3 is 0 Å². The average molecular weight is 544 g/mol. The normalized spacial score (nSPS) is 19.6. The number of aliphatic carboxylic acids is 1. The Morgan fingerprint density at radius 3 is 2.92 bits per heavy atom. The Morgan fingerprint density at radius 2 is 2.24 bits per heavy atom. The van der Waals surface area contributed by atoms with Crippen molar-refractivity contribution in [2.45, 2.75) is 24.6 Å². The lowest BCUT2D eigenvalue weighted by Gasteiger charge is -2.50. The first kappa shape index (κ1) is 24.7. The number of anilines is 1. The van der Waals surface area contributed by atoms with Gasteiger partial charge in [-0.3, -0.25) is 14.5 Å². The van der Waals surface area contributed by atoms with Gasteiger partial charge in [-0.15, -0.1) is 23.1 Å². The van der Waals surface area contributed by atoms with Crippen LogP contribution in [0.4, 0.5) is 5.13 Å². The van der Waals surface area contributed by atoms with Crippen LogP contribution in [0.1, 0.15) is 11.3 Å². The molecule has 13 nitrogen and oxygen atoms in total. The van der Waals surface area contributed by atoms with E-state index in [1.165, 1.54) is 24.3 Å². The molecular formula is C22H21N7O6S2. The summed E-state index contributed by atoms with van der Waals surface area (Å²) in [6, 6.07) is 0.828. The molecule has 15 heteroatoms. The number of rotatable bonds is 8. The van der Waals surface area contributed by atoms with E-state index in [0.717, 1.165) is 27.3 Å². The lowest BCUT2D eigenvalue weighted by atomic mass is 10.0. The number of carboxylic acids is 1. The summed E-state index contributed by atoms with van der Waals surface area (Å²) in [7, 11) is 1.27. The molecule has 1 saturated heterocycles. The molecule has 1 fully saturated rings. The number of nitrogens with zero attached hydrogens (tertiary/aromatic N) is 5. The highest BCUT2D eigenvalue weighted by Gasteiger charge is 2.53. The van der Waals surface area contributed by atoms with Crippen molar-refractivity contribution in [3.8, 4) is 0 Å². The molecule has 192 valence electrons. The molecule has 0 radical (unpaired) electrons. The van der Waals surface area contributed by atoms with E-state index in [4.69, 9.17) is 10.6 Å². The van der Waals surface area contributed by atoms with Gasteiger partial charge in [0.15, 0.2) is 29.8 Å². The molecule has 5 heterocycles. The molecule has 3 aromatic rings. The second-order valence-corrected chi connectivity index (χ2v) is 10.2. The summed E-state index contributed by atoms with van der Waals surface area (Å²) in [5, 5.41) is 29.1. The third kappa shape index (κ3) is 4.41. The van der Waals surface area contributed by atoms with Crippen molar-refractivity contribution in [3.63, 3.8) is 0 Å². The van der Waals surface area contributed by atoms with Gasteiger partial charge in [0, 0.05) is 28.5 Å². The predicted octanol–water partition coefficient (Wildman–Crippen LogP) is -1.79. The van der Waals surface area contributed by atoms with Crippen molar-refractivity contribution in [2.75, 3.05) is 18.6 Å². The monoisotopic (exact) mass is 543 g/mol. The highest BCUT2D eigenvalue weighted by molar-refractivity contribution is 8.00. The molecule has 0 aliphatic carbocycles. The number of amides is 2. The number of fused-ring (bicyclic) bond motifs is 2. The van der Waals surface area contributed by atoms with Crippen molar-refractivity contribution < 1.29 is 34.0 Å². The second kappa shape index (κ2) is 9.84. The number of nitrogen functional groups attached to an aromatic ring is 1. The van der Waals surface area contributed by atoms with Crippen LogP contribution in [0.3, 0.4) is 0 Å². The Hall–Kier alpha value is -3.95. The zero-order valence-electron chi connectivity index (χ0n) is 19.4. The standard InChI is InChI=1S/C22H21N7O6S2/c1-35-26-15(13-10-37-22(23)24-13)18(31)25-16-19(32)29-17(21(33)34)12(9-36-20(16)29)6-27-4-5-28-3-2-11(8-30)14(28)7-27/h2-5,7,10,16,20,30H,6,8-9H2,1H3,(H3-,23,24,25,31,33,34)/b26-15-/t16-,20-/m1/s1. The third-order valence-electron chi connectivity index (χ3n) is 5.98. The number of β-lactam (4-membered cyclic amide) rings is 1. The Labute approximate surface area is 217 Å². The van der Waals surface area contributed by atoms with E-state index in [2.05, 4.69) is 15.5 Å². The summed E-state index contributed by atoms with van der Waals surface area (Å²) in [6.45, 7) is 0.0688. The fourth-order valence-corrected chi connectivity index (χ4v) is 6.17. The number of nitrogens with two attached hydrogens (primary N) is 1. The van der Waals surface area contributed by atoms with Gasteiger partial charge in [0.1, 0.15) is 29.7 Å². The first-order chi connectivity index (χ1) is 17.8. The van der Waals surface area contributed by atoms with Gasteiger partial charge in [-0.2, -0.15) is 4.57 Å². The molecule has 2 aliphatic heterocycles. The highest BCUT2D eigenvalue weighted by atomic mass is 32.2. The Bertz CT molecular complexity index is 1480. The summed E-state index contributed by atoms with van der Waals surface area (Å²) in [4.78, 5) is 47.9. The molecule has 0 bridgehead atoms. The van der Waals surface area contributed by atoms with Crippen molar-refractivity contribution in [1.29, 1.82) is 0 Å². The van der Waals surface area contributed by atoms with Gasteiger partial charge < -0.3 is 35.3 Å². The lowest BCUT2D eigenvalue weighted by molar-refractivity contribution is -0.688. The number of carbonyl (C=O) groups is 3. The molecule has 5 rings (SSSR count). The summed E-state index contributed by atoms with van der Waals surface area (Å²) < 4.78 is 3.62. The number of oxime groups is 1. The number of aliphatic hydroxyl groups is 1. The van der Waals surface area contributed by atoms with E-state index in [1.54, 1.807) is 29.2 Å². The Kier molecular flexibility index (Phi) is 6.57. The summed E-state index contributed by atoms with van der Waals surface area (Å²) in [6.07, 6.45) is 7.18. The van der Waals surface area contributed by atoms with Gasteiger partial charge in [0.25, 0.3) is 11.8 Å². The topological polar surface area (TPSA) is 179 Å². The van der Waals surface area contributed by atoms with Crippen LogP contribution < -0.4 is 20.7 Å². The first-order valence-corrected chi connectivity index (χ1v) is 12.9. The van der Waals surface area contributed by atoms with Crippen LogP contribution in [-0.2, 0) is 32.4 Å². The quantitative estimate of drug-likeness (QED) is 0.128. The molecule has 2 aliphatic rings. The van der Waals surface area contributed by atoms with E-state index in [-0.39, 0.29) is 35.4 Å². The van der Waals surface area contributed by atoms with Crippen LogP contribution in [-0.4, -0.2) is 67.2 Å². The van der Waals surface area contributed by atoms with E-state index >= 15 is 0 Å². The first-order valence-electron chi connectivity index (χ1n) is 10.9. The molecule has 3 aromatic heterocycles. The second-order valence-electron chi connectivity index (χ2n) is 8.19. The van der Waals surface area contributed by atoms with Crippen molar-refractivity contribution in [3.05, 3.63) is 58.8 Å². The van der Waals surface area contributed by atoms with Crippen LogP contribution in [0.25, 0.3) is 5.52 Å². The molecule has 2 atom stereocenters. The molecule has 0 saturated carbocycles. The molecule has 4 N–H and O–H groups in total. The van der Waals surface area contributed by atoms with E-state index in [9.17, 15) is 24.6 Å². The molecular weight excluding hydrogens is 522 g/mol. The predicted molar refractivity (Wildman–Crippen MR) is 131 cm³/mol. The highest BCUT2D eigenvalue weighted by Crippen LogP contribution is 2.40. The number of hydrogen-bond donors (Lipinski definition) is 3. The minimum atomic E-state index is -1.47. The number of aromatic nitrogens is 3. The van der Waals surface area contributed by atoms with Crippen LogP contribution in [0, 0.1) is 0 Å². The summed E-state index contributed by atoms with van der Waals surface area (Å²) >= 11 is 2.45. The van der Waals surface area contributed by atoms with Gasteiger partial charge in [-0.05, 0) is 6.07 Å². The number of nitrogens with one attached hydrogen (secondary N) is 1. The maximum Gasteiger partial charge on any atom is 0.276 e. The molecule has 37 heavy (non-hydrogen) atoms. The van der Waals surface area contributed by atoms with Crippen LogP contribution >= 0.6 is 23.1 Å². The molecule has 0 unspecified atom stereocenters. The SMILES string of the molecule is CO/N=C(\C(=O)N[C@@H]1C(=O)N2C(C(=O)[O-])=C(C[n+]3ccn4ccc(CO)c4c3)CS[C@H]12)c1csc(N)n1. The molecule has 0 aromatic carbocycles. The number of carboxylic acid groups (broad SMARTS) is 1. The van der Waals surface area contributed by atoms with E-state index in [1.807, 2.05) is 10.6 Å². The van der Waals surface area contributed by atoms with Crippen LogP contribution in [0.2, 0.25) is 0 Å². The zero-order valence-corrected chi connectivity index (χ0v) is 21.0. The number of thiazole rings is 1. The Balaban J connectivity index is 1.36. The van der Waals surface area contributed by atoms with Crippen LogP contribution in [0.15, 0.2) is 52.7 Å². The zero-order chi connectivity index (χ0) is 26.3. The Morgan fingerprint density at radius 1 is 1.43 bits per heavy atom. The maximum atomic E-state index is 13.0. The van der Waals surface area contributed by atoms with Gasteiger partial charge in [0.2, 0.25) is 0 Å².